The van der Waals surface area contributed by atoms with Gasteiger partial charge in [0.15, 0.2) is 0 Å². The summed E-state index contributed by atoms with van der Waals surface area (Å²) < 4.78 is 0. The maximum atomic E-state index is 12.4. The van der Waals surface area contributed by atoms with Gasteiger partial charge in [0.2, 0.25) is 0 Å². The Balaban J connectivity index is 1.77. The molecule has 24 heavy (non-hydrogen) atoms. The van der Waals surface area contributed by atoms with Crippen molar-refractivity contribution in [1.82, 2.24) is 9.88 Å². The van der Waals surface area contributed by atoms with Gasteiger partial charge in [0.25, 0.3) is 11.8 Å². The van der Waals surface area contributed by atoms with Gasteiger partial charge in [-0.05, 0) is 43.2 Å². The van der Waals surface area contributed by atoms with Crippen molar-refractivity contribution < 1.29 is 9.59 Å². The first kappa shape index (κ1) is 16.7. The summed E-state index contributed by atoms with van der Waals surface area (Å²) in [4.78, 5) is 30.7. The van der Waals surface area contributed by atoms with E-state index in [9.17, 15) is 9.59 Å². The molecule has 1 aromatic heterocycles. The van der Waals surface area contributed by atoms with Crippen LogP contribution in [-0.2, 0) is 0 Å². The van der Waals surface area contributed by atoms with Gasteiger partial charge in [-0.25, -0.2) is 4.98 Å². The van der Waals surface area contributed by atoms with Crippen LogP contribution in [0.5, 0.6) is 0 Å². The number of nitrogens with zero attached hydrogens (tertiary/aromatic N) is 2. The number of hydrogen-bond acceptors (Lipinski definition) is 3. The van der Waals surface area contributed by atoms with Gasteiger partial charge in [-0.1, -0.05) is 29.3 Å². The second-order valence-electron chi connectivity index (χ2n) is 5.52. The third-order valence-corrected chi connectivity index (χ3v) is 4.15. The number of halogens is 2. The summed E-state index contributed by atoms with van der Waals surface area (Å²) in [5.74, 6) is -0.572. The molecule has 2 heterocycles. The van der Waals surface area contributed by atoms with Gasteiger partial charge in [0, 0.05) is 28.8 Å². The van der Waals surface area contributed by atoms with Crippen molar-refractivity contribution in [3.8, 4) is 0 Å². The molecule has 0 spiro atoms. The van der Waals surface area contributed by atoms with E-state index in [0.717, 1.165) is 25.9 Å². The van der Waals surface area contributed by atoms with E-state index in [2.05, 4.69) is 10.3 Å². The van der Waals surface area contributed by atoms with Gasteiger partial charge in [0.05, 0.1) is 0 Å². The van der Waals surface area contributed by atoms with Crippen LogP contribution in [0.15, 0.2) is 36.4 Å². The summed E-state index contributed by atoms with van der Waals surface area (Å²) in [6, 6.07) is 9.58. The van der Waals surface area contributed by atoms with Crippen LogP contribution in [0.2, 0.25) is 10.0 Å². The smallest absolute Gasteiger partial charge is 0.274 e. The van der Waals surface area contributed by atoms with Crippen molar-refractivity contribution in [2.45, 2.75) is 12.8 Å². The Labute approximate surface area is 149 Å². The highest BCUT2D eigenvalue weighted by atomic mass is 35.5. The standard InChI is InChI=1S/C17H15Cl2N3O2/c18-11-8-12(19)10-13(9-11)20-16(23)14-4-3-5-15(21-14)17(24)22-6-1-2-7-22/h3-5,8-10H,1-2,6-7H2,(H,20,23). The maximum Gasteiger partial charge on any atom is 0.274 e. The molecule has 0 radical (unpaired) electrons. The van der Waals surface area contributed by atoms with Gasteiger partial charge < -0.3 is 10.2 Å². The summed E-state index contributed by atoms with van der Waals surface area (Å²) in [6.45, 7) is 1.47. The number of carbonyl (C=O) groups is 2. The van der Waals surface area contributed by atoms with E-state index in [1.807, 2.05) is 0 Å². The fourth-order valence-electron chi connectivity index (χ4n) is 2.58. The van der Waals surface area contributed by atoms with Gasteiger partial charge in [-0.3, -0.25) is 9.59 Å². The fourth-order valence-corrected chi connectivity index (χ4v) is 3.11. The first-order valence-electron chi connectivity index (χ1n) is 7.57. The van der Waals surface area contributed by atoms with Crippen molar-refractivity contribution in [3.63, 3.8) is 0 Å². The van der Waals surface area contributed by atoms with Crippen LogP contribution in [0.25, 0.3) is 0 Å². The molecule has 7 heteroatoms. The minimum absolute atomic E-state index is 0.145. The first-order valence-corrected chi connectivity index (χ1v) is 8.32. The van der Waals surface area contributed by atoms with E-state index >= 15 is 0 Å². The highest BCUT2D eigenvalue weighted by Gasteiger charge is 2.21. The van der Waals surface area contributed by atoms with Crippen LogP contribution in [0.1, 0.15) is 33.8 Å². The molecule has 2 amide bonds. The zero-order valence-corrected chi connectivity index (χ0v) is 14.3. The minimum atomic E-state index is -0.426. The lowest BCUT2D eigenvalue weighted by molar-refractivity contribution is 0.0787. The quantitative estimate of drug-likeness (QED) is 0.899. The number of likely N-dealkylation sites (tertiary alicyclic amines) is 1. The Morgan fingerprint density at radius 2 is 1.62 bits per heavy atom. The molecule has 2 aromatic rings. The van der Waals surface area contributed by atoms with E-state index in [4.69, 9.17) is 23.2 Å². The predicted molar refractivity (Wildman–Crippen MR) is 93.8 cm³/mol. The molecule has 1 saturated heterocycles. The molecule has 1 N–H and O–H groups in total. The number of nitrogens with one attached hydrogen (secondary N) is 1. The average molecular weight is 364 g/mol. The van der Waals surface area contributed by atoms with Gasteiger partial charge in [-0.15, -0.1) is 0 Å². The Bertz CT molecular complexity index is 769. The number of carbonyl (C=O) groups excluding carboxylic acids is 2. The lowest BCUT2D eigenvalue weighted by Crippen LogP contribution is -2.29. The third kappa shape index (κ3) is 3.86. The second-order valence-corrected chi connectivity index (χ2v) is 6.39. The molecule has 5 nitrogen and oxygen atoms in total. The Kier molecular flexibility index (Phi) is 5.02. The third-order valence-electron chi connectivity index (χ3n) is 3.71. The van der Waals surface area contributed by atoms with E-state index in [0.29, 0.717) is 15.7 Å². The molecular weight excluding hydrogens is 349 g/mol. The van der Waals surface area contributed by atoms with Crippen LogP contribution in [0.4, 0.5) is 5.69 Å². The summed E-state index contributed by atoms with van der Waals surface area (Å²) >= 11 is 11.8. The molecular formula is C17H15Cl2N3O2. The zero-order chi connectivity index (χ0) is 17.1. The first-order chi connectivity index (χ1) is 11.5. The van der Waals surface area contributed by atoms with Crippen molar-refractivity contribution in [3.05, 3.63) is 57.8 Å². The van der Waals surface area contributed by atoms with Gasteiger partial charge >= 0.3 is 0 Å². The molecule has 0 saturated carbocycles. The highest BCUT2D eigenvalue weighted by molar-refractivity contribution is 6.35. The second kappa shape index (κ2) is 7.20. The zero-order valence-electron chi connectivity index (χ0n) is 12.8. The van der Waals surface area contributed by atoms with Gasteiger partial charge in [-0.2, -0.15) is 0 Å². The van der Waals surface area contributed by atoms with E-state index in [1.165, 1.54) is 0 Å². The summed E-state index contributed by atoms with van der Waals surface area (Å²) in [5.41, 5.74) is 0.903. The number of benzene rings is 1. The number of anilines is 1. The number of rotatable bonds is 3. The Morgan fingerprint density at radius 3 is 2.29 bits per heavy atom. The van der Waals surface area contributed by atoms with Crippen molar-refractivity contribution in [2.24, 2.45) is 0 Å². The molecule has 0 aliphatic carbocycles. The van der Waals surface area contributed by atoms with Crippen LogP contribution < -0.4 is 5.32 Å². The molecule has 3 rings (SSSR count). The normalized spacial score (nSPS) is 13.8. The Hall–Kier alpha value is -2.11. The molecule has 0 atom stereocenters. The summed E-state index contributed by atoms with van der Waals surface area (Å²) in [6.07, 6.45) is 2.00. The molecule has 1 aromatic carbocycles. The van der Waals surface area contributed by atoms with Crippen LogP contribution in [0.3, 0.4) is 0 Å². The lowest BCUT2D eigenvalue weighted by atomic mass is 10.2. The predicted octanol–water partition coefficient (Wildman–Crippen LogP) is 3.88. The topological polar surface area (TPSA) is 62.3 Å². The fraction of sp³-hybridized carbons (Fsp3) is 0.235. The monoisotopic (exact) mass is 363 g/mol. The van der Waals surface area contributed by atoms with Crippen LogP contribution in [-0.4, -0.2) is 34.8 Å². The number of hydrogen-bond donors (Lipinski definition) is 1. The average Bonchev–Trinajstić information content (AvgIpc) is 3.07. The summed E-state index contributed by atoms with van der Waals surface area (Å²) in [7, 11) is 0. The van der Waals surface area contributed by atoms with E-state index < -0.39 is 5.91 Å². The Morgan fingerprint density at radius 1 is 1.00 bits per heavy atom. The molecule has 1 fully saturated rings. The van der Waals surface area contributed by atoms with Gasteiger partial charge in [0.1, 0.15) is 11.4 Å². The molecule has 0 bridgehead atoms. The van der Waals surface area contributed by atoms with Crippen molar-refractivity contribution in [2.75, 3.05) is 18.4 Å². The summed E-state index contributed by atoms with van der Waals surface area (Å²) in [5, 5.41) is 3.52. The van der Waals surface area contributed by atoms with Crippen LogP contribution in [0, 0.1) is 0 Å². The number of amides is 2. The van der Waals surface area contributed by atoms with Crippen LogP contribution >= 0.6 is 23.2 Å². The van der Waals surface area contributed by atoms with E-state index in [-0.39, 0.29) is 17.3 Å². The van der Waals surface area contributed by atoms with Crippen molar-refractivity contribution in [1.29, 1.82) is 0 Å². The molecule has 124 valence electrons. The largest absolute Gasteiger partial charge is 0.337 e. The molecule has 0 unspecified atom stereocenters. The molecule has 1 aliphatic heterocycles. The maximum absolute atomic E-state index is 12.4. The lowest BCUT2D eigenvalue weighted by Gasteiger charge is -2.14. The SMILES string of the molecule is O=C(Nc1cc(Cl)cc(Cl)c1)c1cccc(C(=O)N2CCCC2)n1. The number of aromatic nitrogens is 1. The molecule has 1 aliphatic rings. The van der Waals surface area contributed by atoms with E-state index in [1.54, 1.807) is 41.3 Å². The number of pyridine rings is 1. The minimum Gasteiger partial charge on any atom is -0.337 e. The van der Waals surface area contributed by atoms with Crippen molar-refractivity contribution >= 4 is 40.7 Å². The highest BCUT2D eigenvalue weighted by Crippen LogP contribution is 2.22.